The molecule has 1 aliphatic heterocycles. The van der Waals surface area contributed by atoms with Gasteiger partial charge in [0.15, 0.2) is 0 Å². The molecule has 2 aromatic carbocycles. The molecule has 0 aliphatic carbocycles. The fraction of sp³-hybridized carbons (Fsp3) is 0.182. The number of carbonyl (C=O) groups excluding carboxylic acids is 1. The van der Waals surface area contributed by atoms with Crippen LogP contribution in [0.1, 0.15) is 23.2 Å². The maximum atomic E-state index is 12.6. The maximum absolute atomic E-state index is 12.6. The molecule has 1 N–H and O–H groups in total. The Balaban J connectivity index is 1.41. The van der Waals surface area contributed by atoms with Crippen LogP contribution in [0.2, 0.25) is 0 Å². The Morgan fingerprint density at radius 1 is 0.926 bits per heavy atom. The number of ether oxygens (including phenoxy) is 1. The average molecular weight is 359 g/mol. The molecule has 136 valence electrons. The number of rotatable bonds is 5. The third-order valence-electron chi connectivity index (χ3n) is 4.58. The van der Waals surface area contributed by atoms with Crippen molar-refractivity contribution < 1.29 is 9.53 Å². The number of nitrogens with zero attached hydrogens (tertiary/aromatic N) is 2. The van der Waals surface area contributed by atoms with Crippen molar-refractivity contribution in [2.45, 2.75) is 12.8 Å². The summed E-state index contributed by atoms with van der Waals surface area (Å²) in [4.78, 5) is 18.9. The molecule has 3 aromatic rings. The molecule has 5 nitrogen and oxygen atoms in total. The lowest BCUT2D eigenvalue weighted by molar-refractivity contribution is 0.102. The molecule has 27 heavy (non-hydrogen) atoms. The van der Waals surface area contributed by atoms with E-state index in [0.717, 1.165) is 30.2 Å². The summed E-state index contributed by atoms with van der Waals surface area (Å²) in [6.45, 7) is 2.12. The molecule has 1 saturated heterocycles. The van der Waals surface area contributed by atoms with E-state index in [4.69, 9.17) is 4.74 Å². The van der Waals surface area contributed by atoms with Crippen LogP contribution in [0.25, 0.3) is 0 Å². The molecule has 0 spiro atoms. The second kappa shape index (κ2) is 7.91. The van der Waals surface area contributed by atoms with Gasteiger partial charge < -0.3 is 15.0 Å². The Hall–Kier alpha value is -3.34. The first-order valence-corrected chi connectivity index (χ1v) is 9.12. The zero-order valence-corrected chi connectivity index (χ0v) is 15.0. The number of nitrogens with one attached hydrogen (secondary N) is 1. The molecule has 1 amide bonds. The summed E-state index contributed by atoms with van der Waals surface area (Å²) in [5.41, 5.74) is 2.51. The molecule has 0 radical (unpaired) electrons. The molecular formula is C22H21N3O2. The van der Waals surface area contributed by atoms with Crippen LogP contribution in [0.4, 0.5) is 11.4 Å². The molecule has 0 atom stereocenters. The van der Waals surface area contributed by atoms with Crippen molar-refractivity contribution in [2.75, 3.05) is 23.3 Å². The van der Waals surface area contributed by atoms with Gasteiger partial charge in [0, 0.05) is 42.4 Å². The Bertz CT molecular complexity index is 904. The van der Waals surface area contributed by atoms with Gasteiger partial charge in [-0.3, -0.25) is 9.78 Å². The molecule has 0 unspecified atom stereocenters. The molecule has 4 rings (SSSR count). The Morgan fingerprint density at radius 2 is 1.63 bits per heavy atom. The minimum atomic E-state index is -0.112. The van der Waals surface area contributed by atoms with Crippen molar-refractivity contribution in [1.82, 2.24) is 4.98 Å². The quantitative estimate of drug-likeness (QED) is 0.716. The van der Waals surface area contributed by atoms with E-state index in [0.29, 0.717) is 11.3 Å². The highest BCUT2D eigenvalue weighted by atomic mass is 16.5. The normalized spacial score (nSPS) is 13.4. The molecule has 2 heterocycles. The van der Waals surface area contributed by atoms with Crippen LogP contribution in [0.3, 0.4) is 0 Å². The third kappa shape index (κ3) is 4.26. The van der Waals surface area contributed by atoms with Crippen LogP contribution < -0.4 is 15.0 Å². The fourth-order valence-corrected chi connectivity index (χ4v) is 3.17. The van der Waals surface area contributed by atoms with Gasteiger partial charge in [-0.1, -0.05) is 6.07 Å². The number of pyridine rings is 1. The molecule has 1 aliphatic rings. The molecule has 1 aromatic heterocycles. The smallest absolute Gasteiger partial charge is 0.255 e. The van der Waals surface area contributed by atoms with Crippen molar-refractivity contribution in [1.29, 1.82) is 0 Å². The van der Waals surface area contributed by atoms with Crippen LogP contribution in [0, 0.1) is 0 Å². The number of aromatic nitrogens is 1. The minimum Gasteiger partial charge on any atom is -0.457 e. The van der Waals surface area contributed by atoms with E-state index in [9.17, 15) is 4.79 Å². The summed E-state index contributed by atoms with van der Waals surface area (Å²) in [6, 6.07) is 18.7. The van der Waals surface area contributed by atoms with Gasteiger partial charge in [0.25, 0.3) is 5.91 Å². The predicted molar refractivity (Wildman–Crippen MR) is 107 cm³/mol. The van der Waals surface area contributed by atoms with Crippen molar-refractivity contribution in [3.8, 4) is 11.5 Å². The van der Waals surface area contributed by atoms with E-state index in [1.165, 1.54) is 12.8 Å². The summed E-state index contributed by atoms with van der Waals surface area (Å²) in [5.74, 6) is 1.31. The number of hydrogen-bond acceptors (Lipinski definition) is 4. The number of carbonyl (C=O) groups is 1. The van der Waals surface area contributed by atoms with E-state index in [1.807, 2.05) is 42.5 Å². The molecule has 0 bridgehead atoms. The van der Waals surface area contributed by atoms with Gasteiger partial charge in [-0.2, -0.15) is 0 Å². The number of amides is 1. The summed E-state index contributed by atoms with van der Waals surface area (Å²) < 4.78 is 5.74. The van der Waals surface area contributed by atoms with Gasteiger partial charge in [-0.25, -0.2) is 0 Å². The Morgan fingerprint density at radius 3 is 2.37 bits per heavy atom. The highest BCUT2D eigenvalue weighted by molar-refractivity contribution is 6.04. The van der Waals surface area contributed by atoms with Crippen LogP contribution in [0.15, 0.2) is 73.1 Å². The zero-order valence-electron chi connectivity index (χ0n) is 15.0. The molecule has 1 fully saturated rings. The summed E-state index contributed by atoms with van der Waals surface area (Å²) >= 11 is 0. The SMILES string of the molecule is O=C(Nc1ccc(Oc2ccncc2)cc1)c1cccc(N2CCCC2)c1. The van der Waals surface area contributed by atoms with Crippen LogP contribution >= 0.6 is 0 Å². The van der Waals surface area contributed by atoms with Gasteiger partial charge >= 0.3 is 0 Å². The van der Waals surface area contributed by atoms with E-state index in [-0.39, 0.29) is 5.91 Å². The first kappa shape index (κ1) is 17.1. The number of benzene rings is 2. The minimum absolute atomic E-state index is 0.112. The topological polar surface area (TPSA) is 54.5 Å². The summed E-state index contributed by atoms with van der Waals surface area (Å²) in [6.07, 6.45) is 5.79. The lowest BCUT2D eigenvalue weighted by Gasteiger charge is -2.18. The molecule has 0 saturated carbocycles. The summed E-state index contributed by atoms with van der Waals surface area (Å²) in [7, 11) is 0. The lowest BCUT2D eigenvalue weighted by atomic mass is 10.1. The molecule has 5 heteroatoms. The van der Waals surface area contributed by atoms with Crippen molar-refractivity contribution in [2.24, 2.45) is 0 Å². The van der Waals surface area contributed by atoms with Crippen molar-refractivity contribution in [3.05, 3.63) is 78.6 Å². The Labute approximate surface area is 158 Å². The zero-order chi connectivity index (χ0) is 18.5. The standard InChI is InChI=1S/C22H21N3O2/c26-22(17-4-3-5-19(16-17)25-14-1-2-15-25)24-18-6-8-20(9-7-18)27-21-10-12-23-13-11-21/h3-13,16H,1-2,14-15H2,(H,24,26). The van der Waals surface area contributed by atoms with Gasteiger partial charge in [-0.05, 0) is 67.4 Å². The van der Waals surface area contributed by atoms with Crippen molar-refractivity contribution >= 4 is 17.3 Å². The Kier molecular flexibility index (Phi) is 5.01. The van der Waals surface area contributed by atoms with Crippen LogP contribution in [-0.4, -0.2) is 24.0 Å². The van der Waals surface area contributed by atoms with Gasteiger partial charge in [-0.15, -0.1) is 0 Å². The maximum Gasteiger partial charge on any atom is 0.255 e. The van der Waals surface area contributed by atoms with Crippen LogP contribution in [-0.2, 0) is 0 Å². The number of anilines is 2. The highest BCUT2D eigenvalue weighted by Crippen LogP contribution is 2.24. The van der Waals surface area contributed by atoms with E-state index in [1.54, 1.807) is 24.5 Å². The largest absolute Gasteiger partial charge is 0.457 e. The van der Waals surface area contributed by atoms with Gasteiger partial charge in [0.1, 0.15) is 11.5 Å². The molecular weight excluding hydrogens is 338 g/mol. The lowest BCUT2D eigenvalue weighted by Crippen LogP contribution is -2.18. The highest BCUT2D eigenvalue weighted by Gasteiger charge is 2.14. The van der Waals surface area contributed by atoms with Gasteiger partial charge in [0.05, 0.1) is 0 Å². The third-order valence-corrected chi connectivity index (χ3v) is 4.58. The van der Waals surface area contributed by atoms with Crippen LogP contribution in [0.5, 0.6) is 11.5 Å². The number of hydrogen-bond donors (Lipinski definition) is 1. The van der Waals surface area contributed by atoms with E-state index >= 15 is 0 Å². The summed E-state index contributed by atoms with van der Waals surface area (Å²) in [5, 5.41) is 2.94. The predicted octanol–water partition coefficient (Wildman–Crippen LogP) is 4.73. The van der Waals surface area contributed by atoms with E-state index < -0.39 is 0 Å². The second-order valence-electron chi connectivity index (χ2n) is 6.51. The fourth-order valence-electron chi connectivity index (χ4n) is 3.17. The van der Waals surface area contributed by atoms with E-state index in [2.05, 4.69) is 21.3 Å². The average Bonchev–Trinajstić information content (AvgIpc) is 3.25. The van der Waals surface area contributed by atoms with Crippen molar-refractivity contribution in [3.63, 3.8) is 0 Å². The van der Waals surface area contributed by atoms with Gasteiger partial charge in [0.2, 0.25) is 0 Å². The first-order valence-electron chi connectivity index (χ1n) is 9.12. The second-order valence-corrected chi connectivity index (χ2v) is 6.51. The monoisotopic (exact) mass is 359 g/mol. The first-order chi connectivity index (χ1) is 13.3.